The lowest BCUT2D eigenvalue weighted by molar-refractivity contribution is 0.102. The first-order valence-electron chi connectivity index (χ1n) is 5.99. The van der Waals surface area contributed by atoms with Crippen LogP contribution in [0.25, 0.3) is 0 Å². The lowest BCUT2D eigenvalue weighted by Crippen LogP contribution is -2.16. The molecule has 0 saturated carbocycles. The SMILES string of the molecule is CC(O)c1ccccc1NC(=O)c1ncc(Cl)c(Cl)c1Cl. The molecule has 1 aromatic heterocycles. The van der Waals surface area contributed by atoms with Gasteiger partial charge in [-0.1, -0.05) is 53.0 Å². The van der Waals surface area contributed by atoms with E-state index in [4.69, 9.17) is 34.8 Å². The lowest BCUT2D eigenvalue weighted by Gasteiger charge is -2.13. The van der Waals surface area contributed by atoms with Gasteiger partial charge in [-0.15, -0.1) is 0 Å². The molecule has 0 saturated heterocycles. The minimum absolute atomic E-state index is 0.0174. The number of para-hydroxylation sites is 1. The number of carbonyl (C=O) groups is 1. The highest BCUT2D eigenvalue weighted by Gasteiger charge is 2.18. The Labute approximate surface area is 136 Å². The Bertz CT molecular complexity index is 690. The minimum atomic E-state index is -0.723. The summed E-state index contributed by atoms with van der Waals surface area (Å²) in [5.74, 6) is -0.535. The molecule has 0 aliphatic heterocycles. The summed E-state index contributed by atoms with van der Waals surface area (Å²) in [6.45, 7) is 1.61. The highest BCUT2D eigenvalue weighted by molar-refractivity contribution is 6.49. The number of aliphatic hydroxyl groups is 1. The van der Waals surface area contributed by atoms with Crippen LogP contribution in [0.4, 0.5) is 5.69 Å². The number of aromatic nitrogens is 1. The van der Waals surface area contributed by atoms with Crippen molar-refractivity contribution in [2.45, 2.75) is 13.0 Å². The first-order valence-corrected chi connectivity index (χ1v) is 7.13. The molecule has 2 rings (SSSR count). The van der Waals surface area contributed by atoms with Crippen molar-refractivity contribution in [1.82, 2.24) is 4.98 Å². The molecule has 21 heavy (non-hydrogen) atoms. The average Bonchev–Trinajstić information content (AvgIpc) is 2.45. The van der Waals surface area contributed by atoms with Crippen molar-refractivity contribution in [3.63, 3.8) is 0 Å². The van der Waals surface area contributed by atoms with Gasteiger partial charge in [-0.3, -0.25) is 4.79 Å². The summed E-state index contributed by atoms with van der Waals surface area (Å²) >= 11 is 17.6. The van der Waals surface area contributed by atoms with Gasteiger partial charge in [0.05, 0.1) is 21.2 Å². The molecule has 0 fully saturated rings. The molecule has 1 amide bonds. The van der Waals surface area contributed by atoms with E-state index in [-0.39, 0.29) is 20.8 Å². The molecule has 0 aliphatic carbocycles. The summed E-state index contributed by atoms with van der Waals surface area (Å²) in [4.78, 5) is 16.1. The Balaban J connectivity index is 2.33. The van der Waals surface area contributed by atoms with E-state index in [0.29, 0.717) is 11.3 Å². The van der Waals surface area contributed by atoms with Crippen LogP contribution in [0.5, 0.6) is 0 Å². The van der Waals surface area contributed by atoms with Gasteiger partial charge in [0.2, 0.25) is 0 Å². The fraction of sp³-hybridized carbons (Fsp3) is 0.143. The van der Waals surface area contributed by atoms with Crippen LogP contribution in [0.1, 0.15) is 29.1 Å². The van der Waals surface area contributed by atoms with Gasteiger partial charge in [0.1, 0.15) is 5.69 Å². The molecule has 1 heterocycles. The van der Waals surface area contributed by atoms with Gasteiger partial charge in [-0.25, -0.2) is 4.98 Å². The summed E-state index contributed by atoms with van der Waals surface area (Å²) in [5, 5.41) is 12.6. The maximum Gasteiger partial charge on any atom is 0.275 e. The quantitative estimate of drug-likeness (QED) is 0.869. The van der Waals surface area contributed by atoms with E-state index in [0.717, 1.165) is 0 Å². The topological polar surface area (TPSA) is 62.2 Å². The average molecular weight is 346 g/mol. The van der Waals surface area contributed by atoms with Crippen LogP contribution in [0.15, 0.2) is 30.5 Å². The van der Waals surface area contributed by atoms with Crippen LogP contribution in [-0.2, 0) is 0 Å². The van der Waals surface area contributed by atoms with Gasteiger partial charge in [0.25, 0.3) is 5.91 Å². The van der Waals surface area contributed by atoms with Gasteiger partial charge in [0.15, 0.2) is 0 Å². The first-order chi connectivity index (χ1) is 9.91. The zero-order chi connectivity index (χ0) is 15.6. The number of benzene rings is 1. The third-order valence-corrected chi connectivity index (χ3v) is 4.03. The van der Waals surface area contributed by atoms with Crippen molar-refractivity contribution in [2.24, 2.45) is 0 Å². The molecule has 7 heteroatoms. The van der Waals surface area contributed by atoms with Crippen LogP contribution in [0.3, 0.4) is 0 Å². The summed E-state index contributed by atoms with van der Waals surface area (Å²) in [6, 6.07) is 6.89. The fourth-order valence-corrected chi connectivity index (χ4v) is 2.32. The van der Waals surface area contributed by atoms with E-state index in [9.17, 15) is 9.90 Å². The highest BCUT2D eigenvalue weighted by atomic mass is 35.5. The monoisotopic (exact) mass is 344 g/mol. The molecule has 0 spiro atoms. The fourth-order valence-electron chi connectivity index (χ4n) is 1.76. The van der Waals surface area contributed by atoms with Gasteiger partial charge in [0, 0.05) is 17.4 Å². The number of hydrogen-bond acceptors (Lipinski definition) is 3. The molecule has 1 aromatic carbocycles. The number of hydrogen-bond donors (Lipinski definition) is 2. The largest absolute Gasteiger partial charge is 0.389 e. The highest BCUT2D eigenvalue weighted by Crippen LogP contribution is 2.31. The van der Waals surface area contributed by atoms with Crippen LogP contribution >= 0.6 is 34.8 Å². The number of nitrogens with zero attached hydrogens (tertiary/aromatic N) is 1. The van der Waals surface area contributed by atoms with Crippen LogP contribution in [0.2, 0.25) is 15.1 Å². The zero-order valence-electron chi connectivity index (χ0n) is 10.9. The standard InChI is InChI=1S/C14H11Cl3N2O2/c1-7(20)8-4-2-3-5-10(8)19-14(21)13-12(17)11(16)9(15)6-18-13/h2-7,20H,1H3,(H,19,21). The maximum absolute atomic E-state index is 12.2. The number of carbonyl (C=O) groups excluding carboxylic acids is 1. The van der Waals surface area contributed by atoms with E-state index in [2.05, 4.69) is 10.3 Å². The van der Waals surface area contributed by atoms with Crippen LogP contribution in [-0.4, -0.2) is 16.0 Å². The van der Waals surface area contributed by atoms with Crippen molar-refractivity contribution in [3.05, 3.63) is 56.8 Å². The molecule has 110 valence electrons. The predicted molar refractivity (Wildman–Crippen MR) is 84.3 cm³/mol. The summed E-state index contributed by atoms with van der Waals surface area (Å²) < 4.78 is 0. The minimum Gasteiger partial charge on any atom is -0.389 e. The van der Waals surface area contributed by atoms with E-state index >= 15 is 0 Å². The van der Waals surface area contributed by atoms with Crippen molar-refractivity contribution in [3.8, 4) is 0 Å². The Morgan fingerprint density at radius 3 is 2.57 bits per heavy atom. The molecule has 0 aliphatic rings. The molecular formula is C14H11Cl3N2O2. The lowest BCUT2D eigenvalue weighted by atomic mass is 10.1. The molecule has 4 nitrogen and oxygen atoms in total. The van der Waals surface area contributed by atoms with E-state index in [1.165, 1.54) is 6.20 Å². The van der Waals surface area contributed by atoms with E-state index in [1.54, 1.807) is 31.2 Å². The Morgan fingerprint density at radius 1 is 1.24 bits per heavy atom. The van der Waals surface area contributed by atoms with Gasteiger partial charge in [-0.05, 0) is 13.0 Å². The second-order valence-corrected chi connectivity index (χ2v) is 5.46. The number of anilines is 1. The Morgan fingerprint density at radius 2 is 1.90 bits per heavy atom. The van der Waals surface area contributed by atoms with Gasteiger partial charge < -0.3 is 10.4 Å². The van der Waals surface area contributed by atoms with Crippen molar-refractivity contribution in [2.75, 3.05) is 5.32 Å². The number of pyridine rings is 1. The van der Waals surface area contributed by atoms with E-state index < -0.39 is 12.0 Å². The van der Waals surface area contributed by atoms with Crippen molar-refractivity contribution in [1.29, 1.82) is 0 Å². The first kappa shape index (κ1) is 16.0. The molecule has 1 unspecified atom stereocenters. The Hall–Kier alpha value is -1.33. The van der Waals surface area contributed by atoms with Gasteiger partial charge in [-0.2, -0.15) is 0 Å². The number of rotatable bonds is 3. The number of aliphatic hydroxyl groups excluding tert-OH is 1. The third kappa shape index (κ3) is 3.47. The van der Waals surface area contributed by atoms with Crippen LogP contribution < -0.4 is 5.32 Å². The third-order valence-electron chi connectivity index (χ3n) is 2.79. The molecule has 2 aromatic rings. The molecule has 1 atom stereocenters. The molecule has 2 N–H and O–H groups in total. The van der Waals surface area contributed by atoms with Gasteiger partial charge >= 0.3 is 0 Å². The maximum atomic E-state index is 12.2. The Kier molecular flexibility index (Phi) is 5.06. The second kappa shape index (κ2) is 6.62. The number of halogens is 3. The van der Waals surface area contributed by atoms with E-state index in [1.807, 2.05) is 0 Å². The number of nitrogens with one attached hydrogen (secondary N) is 1. The molecule has 0 bridgehead atoms. The normalized spacial score (nSPS) is 12.0. The summed E-state index contributed by atoms with van der Waals surface area (Å²) in [5.41, 5.74) is 1.02. The smallest absolute Gasteiger partial charge is 0.275 e. The summed E-state index contributed by atoms with van der Waals surface area (Å²) in [7, 11) is 0. The second-order valence-electron chi connectivity index (χ2n) is 4.30. The molecular weight excluding hydrogens is 335 g/mol. The van der Waals surface area contributed by atoms with Crippen molar-refractivity contribution >= 4 is 46.4 Å². The van der Waals surface area contributed by atoms with Crippen molar-refractivity contribution < 1.29 is 9.90 Å². The number of amides is 1. The zero-order valence-corrected chi connectivity index (χ0v) is 13.2. The molecule has 0 radical (unpaired) electrons. The predicted octanol–water partition coefficient (Wildman–Crippen LogP) is 4.35. The summed E-state index contributed by atoms with van der Waals surface area (Å²) in [6.07, 6.45) is 0.532. The van der Waals surface area contributed by atoms with Crippen LogP contribution in [0, 0.1) is 0 Å².